The molecule has 1 aromatic heterocycles. The van der Waals surface area contributed by atoms with E-state index in [2.05, 4.69) is 18.9 Å². The number of likely N-dealkylation sites (tertiary alicyclic amines) is 1. The zero-order valence-corrected chi connectivity index (χ0v) is 12.3. The average Bonchev–Trinajstić information content (AvgIpc) is 2.56. The Bertz CT molecular complexity index is 470. The molecule has 106 valence electrons. The number of hydrogen-bond donors (Lipinski definition) is 1. The van der Waals surface area contributed by atoms with Crippen molar-refractivity contribution in [3.8, 4) is 0 Å². The van der Waals surface area contributed by atoms with Crippen LogP contribution in [0.5, 0.6) is 0 Å². The lowest BCUT2D eigenvalue weighted by Crippen LogP contribution is -2.44. The lowest BCUT2D eigenvalue weighted by molar-refractivity contribution is -0.134. The van der Waals surface area contributed by atoms with E-state index < -0.39 is 0 Å². The summed E-state index contributed by atoms with van der Waals surface area (Å²) in [4.78, 5) is 14.3. The monoisotopic (exact) mass is 264 g/mol. The average molecular weight is 264 g/mol. The minimum atomic E-state index is 0.143. The molecule has 2 N–H and O–H groups in total. The number of piperidine rings is 1. The van der Waals surface area contributed by atoms with Crippen molar-refractivity contribution in [3.05, 3.63) is 11.4 Å². The van der Waals surface area contributed by atoms with Gasteiger partial charge in [0, 0.05) is 13.1 Å². The molecule has 19 heavy (non-hydrogen) atoms. The van der Waals surface area contributed by atoms with Crippen molar-refractivity contribution in [3.63, 3.8) is 0 Å². The van der Waals surface area contributed by atoms with Gasteiger partial charge in [-0.05, 0) is 32.1 Å². The molecule has 0 radical (unpaired) electrons. The smallest absolute Gasteiger partial charge is 0.244 e. The fourth-order valence-corrected chi connectivity index (χ4v) is 2.96. The third-order valence-electron chi connectivity index (χ3n) is 3.94. The van der Waals surface area contributed by atoms with Crippen molar-refractivity contribution in [2.75, 3.05) is 18.8 Å². The third kappa shape index (κ3) is 2.91. The Hall–Kier alpha value is -1.52. The molecule has 0 saturated carbocycles. The number of hydrogen-bond acceptors (Lipinski definition) is 3. The van der Waals surface area contributed by atoms with Gasteiger partial charge >= 0.3 is 0 Å². The number of aryl methyl sites for hydroxylation is 1. The predicted octanol–water partition coefficient (Wildman–Crippen LogP) is 1.59. The van der Waals surface area contributed by atoms with Crippen LogP contribution in [0.15, 0.2) is 0 Å². The van der Waals surface area contributed by atoms with Crippen molar-refractivity contribution in [1.29, 1.82) is 0 Å². The zero-order chi connectivity index (χ0) is 14.2. The van der Waals surface area contributed by atoms with E-state index in [9.17, 15) is 4.79 Å². The maximum atomic E-state index is 12.4. The second-order valence-corrected chi connectivity index (χ2v) is 5.99. The molecule has 0 aromatic carbocycles. The van der Waals surface area contributed by atoms with Crippen LogP contribution in [-0.2, 0) is 11.3 Å². The SMILES string of the molecule is Cc1nn(CC(=O)N2CC(C)CC(C)C2)c(C)c1N. The quantitative estimate of drug-likeness (QED) is 0.882. The summed E-state index contributed by atoms with van der Waals surface area (Å²) in [5.41, 5.74) is 8.26. The first-order chi connectivity index (χ1) is 8.88. The van der Waals surface area contributed by atoms with Gasteiger partial charge in [0.25, 0.3) is 0 Å². The van der Waals surface area contributed by atoms with E-state index in [1.807, 2.05) is 18.7 Å². The molecular weight excluding hydrogens is 240 g/mol. The van der Waals surface area contributed by atoms with E-state index in [0.29, 0.717) is 24.1 Å². The van der Waals surface area contributed by atoms with Gasteiger partial charge in [-0.25, -0.2) is 0 Å². The molecule has 0 spiro atoms. The Kier molecular flexibility index (Phi) is 3.83. The fourth-order valence-electron chi connectivity index (χ4n) is 2.96. The number of rotatable bonds is 2. The Morgan fingerprint density at radius 2 is 1.89 bits per heavy atom. The summed E-state index contributed by atoms with van der Waals surface area (Å²) in [6.45, 7) is 10.2. The van der Waals surface area contributed by atoms with Crippen LogP contribution in [0.4, 0.5) is 5.69 Å². The molecular formula is C14H24N4O. The maximum absolute atomic E-state index is 12.4. The molecule has 1 aliphatic rings. The summed E-state index contributed by atoms with van der Waals surface area (Å²) in [5, 5.41) is 4.33. The molecule has 2 rings (SSSR count). The van der Waals surface area contributed by atoms with Gasteiger partial charge < -0.3 is 10.6 Å². The number of aromatic nitrogens is 2. The minimum absolute atomic E-state index is 0.143. The highest BCUT2D eigenvalue weighted by Crippen LogP contribution is 2.21. The van der Waals surface area contributed by atoms with Crippen LogP contribution in [0, 0.1) is 25.7 Å². The van der Waals surface area contributed by atoms with Crippen LogP contribution >= 0.6 is 0 Å². The van der Waals surface area contributed by atoms with E-state index in [1.165, 1.54) is 6.42 Å². The van der Waals surface area contributed by atoms with Crippen LogP contribution in [0.25, 0.3) is 0 Å². The van der Waals surface area contributed by atoms with Gasteiger partial charge in [-0.1, -0.05) is 13.8 Å². The summed E-state index contributed by atoms with van der Waals surface area (Å²) in [7, 11) is 0. The molecule has 2 atom stereocenters. The lowest BCUT2D eigenvalue weighted by Gasteiger charge is -2.35. The number of amides is 1. The molecule has 1 aromatic rings. The zero-order valence-electron chi connectivity index (χ0n) is 12.3. The molecule has 2 unspecified atom stereocenters. The van der Waals surface area contributed by atoms with E-state index in [-0.39, 0.29) is 5.91 Å². The van der Waals surface area contributed by atoms with Crippen LogP contribution in [0.3, 0.4) is 0 Å². The predicted molar refractivity (Wildman–Crippen MR) is 75.6 cm³/mol. The fraction of sp³-hybridized carbons (Fsp3) is 0.714. The van der Waals surface area contributed by atoms with Crippen LogP contribution in [0.1, 0.15) is 31.7 Å². The third-order valence-corrected chi connectivity index (χ3v) is 3.94. The Labute approximate surface area is 114 Å². The first-order valence-corrected chi connectivity index (χ1v) is 6.95. The highest BCUT2D eigenvalue weighted by atomic mass is 16.2. The Balaban J connectivity index is 2.06. The number of nitrogens with two attached hydrogens (primary N) is 1. The standard InChI is InChI=1S/C14H24N4O/c1-9-5-10(2)7-17(6-9)13(19)8-18-12(4)14(15)11(3)16-18/h9-10H,5-8,15H2,1-4H3. The highest BCUT2D eigenvalue weighted by Gasteiger charge is 2.26. The van der Waals surface area contributed by atoms with Gasteiger partial charge in [0.05, 0.1) is 17.1 Å². The number of carbonyl (C=O) groups excluding carboxylic acids is 1. The molecule has 0 aliphatic carbocycles. The van der Waals surface area contributed by atoms with Gasteiger partial charge in [0.2, 0.25) is 5.91 Å². The van der Waals surface area contributed by atoms with Crippen molar-refractivity contribution in [1.82, 2.24) is 14.7 Å². The van der Waals surface area contributed by atoms with Crippen LogP contribution in [0.2, 0.25) is 0 Å². The second kappa shape index (κ2) is 5.23. The highest BCUT2D eigenvalue weighted by molar-refractivity contribution is 5.76. The normalized spacial score (nSPS) is 23.7. The number of nitrogen functional groups attached to an aromatic ring is 1. The Morgan fingerprint density at radius 3 is 2.37 bits per heavy atom. The van der Waals surface area contributed by atoms with E-state index in [0.717, 1.165) is 24.5 Å². The molecule has 5 heteroatoms. The molecule has 1 saturated heterocycles. The topological polar surface area (TPSA) is 64.2 Å². The van der Waals surface area contributed by atoms with Crippen molar-refractivity contribution >= 4 is 11.6 Å². The molecule has 5 nitrogen and oxygen atoms in total. The van der Waals surface area contributed by atoms with Crippen molar-refractivity contribution < 1.29 is 4.79 Å². The van der Waals surface area contributed by atoms with Gasteiger partial charge in [-0.3, -0.25) is 9.48 Å². The molecule has 1 amide bonds. The van der Waals surface area contributed by atoms with Crippen LogP contribution in [-0.4, -0.2) is 33.7 Å². The van der Waals surface area contributed by atoms with Crippen LogP contribution < -0.4 is 5.73 Å². The largest absolute Gasteiger partial charge is 0.396 e. The summed E-state index contributed by atoms with van der Waals surface area (Å²) in [5.74, 6) is 1.31. The molecule has 2 heterocycles. The first-order valence-electron chi connectivity index (χ1n) is 6.95. The second-order valence-electron chi connectivity index (χ2n) is 5.99. The maximum Gasteiger partial charge on any atom is 0.244 e. The summed E-state index contributed by atoms with van der Waals surface area (Å²) >= 11 is 0. The molecule has 1 aliphatic heterocycles. The molecule has 0 bridgehead atoms. The summed E-state index contributed by atoms with van der Waals surface area (Å²) < 4.78 is 1.72. The molecule has 1 fully saturated rings. The minimum Gasteiger partial charge on any atom is -0.396 e. The van der Waals surface area contributed by atoms with E-state index >= 15 is 0 Å². The van der Waals surface area contributed by atoms with Crippen molar-refractivity contribution in [2.24, 2.45) is 11.8 Å². The van der Waals surface area contributed by atoms with Gasteiger partial charge in [-0.15, -0.1) is 0 Å². The number of anilines is 1. The Morgan fingerprint density at radius 1 is 1.32 bits per heavy atom. The van der Waals surface area contributed by atoms with E-state index in [1.54, 1.807) is 4.68 Å². The summed E-state index contributed by atoms with van der Waals surface area (Å²) in [6.07, 6.45) is 1.20. The number of nitrogens with zero attached hydrogens (tertiary/aromatic N) is 3. The first kappa shape index (κ1) is 13.9. The van der Waals surface area contributed by atoms with Gasteiger partial charge in [0.1, 0.15) is 6.54 Å². The van der Waals surface area contributed by atoms with E-state index in [4.69, 9.17) is 5.73 Å². The lowest BCUT2D eigenvalue weighted by atomic mass is 9.92. The number of carbonyl (C=O) groups is 1. The van der Waals surface area contributed by atoms with Gasteiger partial charge in [0.15, 0.2) is 0 Å². The van der Waals surface area contributed by atoms with Crippen molar-refractivity contribution in [2.45, 2.75) is 40.7 Å². The van der Waals surface area contributed by atoms with Gasteiger partial charge in [-0.2, -0.15) is 5.10 Å². The summed E-state index contributed by atoms with van der Waals surface area (Å²) in [6, 6.07) is 0.